The molecule has 78 valence electrons. The molecule has 0 atom stereocenters. The monoisotopic (exact) mass is 191 g/mol. The van der Waals surface area contributed by atoms with Crippen LogP contribution < -0.4 is 0 Å². The van der Waals surface area contributed by atoms with Gasteiger partial charge in [0.25, 0.3) is 0 Å². The molecule has 1 heteroatoms. The predicted octanol–water partition coefficient (Wildman–Crippen LogP) is 4.27. The van der Waals surface area contributed by atoms with Crippen LogP contribution in [0.2, 0.25) is 0 Å². The van der Waals surface area contributed by atoms with Crippen molar-refractivity contribution < 1.29 is 0 Å². The molecule has 1 N–H and O–H groups in total. The van der Waals surface area contributed by atoms with Gasteiger partial charge in [-0.3, -0.25) is 0 Å². The van der Waals surface area contributed by atoms with Gasteiger partial charge in [0.05, 0.1) is 0 Å². The van der Waals surface area contributed by atoms with Crippen LogP contribution in [-0.2, 0) is 0 Å². The zero-order valence-electron chi connectivity index (χ0n) is 9.56. The van der Waals surface area contributed by atoms with Crippen LogP contribution in [0.5, 0.6) is 0 Å². The summed E-state index contributed by atoms with van der Waals surface area (Å²) in [5.41, 5.74) is 3.45. The fourth-order valence-electron chi connectivity index (χ4n) is 1.20. The molecule has 0 spiro atoms. The summed E-state index contributed by atoms with van der Waals surface area (Å²) >= 11 is 0. The van der Waals surface area contributed by atoms with E-state index in [9.17, 15) is 0 Å². The zero-order chi connectivity index (χ0) is 11.0. The Morgan fingerprint density at radius 2 is 2.00 bits per heavy atom. The third-order valence-electron chi connectivity index (χ3n) is 2.08. The first kappa shape index (κ1) is 12.9. The van der Waals surface area contributed by atoms with E-state index in [-0.39, 0.29) is 0 Å². The van der Waals surface area contributed by atoms with Gasteiger partial charge in [0, 0.05) is 6.21 Å². The highest BCUT2D eigenvalue weighted by Gasteiger charge is 1.95. The first-order valence-electron chi connectivity index (χ1n) is 5.15. The molecule has 0 aliphatic carbocycles. The van der Waals surface area contributed by atoms with Crippen molar-refractivity contribution in [2.45, 2.75) is 40.0 Å². The minimum absolute atomic E-state index is 1.02. The fraction of sp³-hybridized carbons (Fsp3) is 0.462. The predicted molar refractivity (Wildman–Crippen MR) is 65.0 cm³/mol. The quantitative estimate of drug-likeness (QED) is 0.479. The van der Waals surface area contributed by atoms with Gasteiger partial charge in [-0.2, -0.15) is 0 Å². The zero-order valence-corrected chi connectivity index (χ0v) is 9.56. The highest BCUT2D eigenvalue weighted by atomic mass is 14.3. The molecule has 0 radical (unpaired) electrons. The molecule has 0 unspecified atom stereocenters. The molecule has 0 saturated carbocycles. The molecular weight excluding hydrogens is 170 g/mol. The maximum absolute atomic E-state index is 7.04. The summed E-state index contributed by atoms with van der Waals surface area (Å²) in [7, 11) is 0. The maximum Gasteiger partial charge on any atom is 0.0183 e. The Balaban J connectivity index is 4.48. The SMILES string of the molecule is C=C(C)C(C=C(C)CCCC)=CC=N. The van der Waals surface area contributed by atoms with Gasteiger partial charge in [-0.1, -0.05) is 37.1 Å². The largest absolute Gasteiger partial charge is 0.309 e. The number of hydrogen-bond acceptors (Lipinski definition) is 1. The third kappa shape index (κ3) is 5.52. The Morgan fingerprint density at radius 3 is 2.43 bits per heavy atom. The van der Waals surface area contributed by atoms with Crippen molar-refractivity contribution in [1.82, 2.24) is 0 Å². The molecule has 0 amide bonds. The molecular formula is C13H21N. The molecule has 14 heavy (non-hydrogen) atoms. The average molecular weight is 191 g/mol. The van der Waals surface area contributed by atoms with Gasteiger partial charge in [-0.05, 0) is 38.3 Å². The average Bonchev–Trinajstić information content (AvgIpc) is 2.14. The minimum atomic E-state index is 1.02. The molecule has 0 bridgehead atoms. The number of unbranched alkanes of at least 4 members (excludes halogenated alkanes) is 1. The molecule has 1 nitrogen and oxygen atoms in total. The fourth-order valence-corrected chi connectivity index (χ4v) is 1.20. The first-order chi connectivity index (χ1) is 6.61. The maximum atomic E-state index is 7.04. The lowest BCUT2D eigenvalue weighted by molar-refractivity contribution is 0.787. The second-order valence-corrected chi connectivity index (χ2v) is 3.66. The summed E-state index contributed by atoms with van der Waals surface area (Å²) in [6.07, 6.45) is 8.83. The summed E-state index contributed by atoms with van der Waals surface area (Å²) in [6, 6.07) is 0. The molecule has 0 aromatic rings. The number of rotatable bonds is 6. The normalized spacial score (nSPS) is 12.8. The van der Waals surface area contributed by atoms with E-state index < -0.39 is 0 Å². The molecule has 0 aromatic carbocycles. The van der Waals surface area contributed by atoms with Gasteiger partial charge in [0.2, 0.25) is 0 Å². The van der Waals surface area contributed by atoms with E-state index in [1.54, 1.807) is 6.08 Å². The van der Waals surface area contributed by atoms with Crippen molar-refractivity contribution in [3.05, 3.63) is 35.5 Å². The molecule has 0 aliphatic rings. The van der Waals surface area contributed by atoms with Gasteiger partial charge >= 0.3 is 0 Å². The number of allylic oxidation sites excluding steroid dienone is 5. The second kappa shape index (κ2) is 7.31. The highest BCUT2D eigenvalue weighted by Crippen LogP contribution is 2.14. The van der Waals surface area contributed by atoms with Crippen LogP contribution in [0.4, 0.5) is 0 Å². The summed E-state index contributed by atoms with van der Waals surface area (Å²) in [4.78, 5) is 0. The van der Waals surface area contributed by atoms with E-state index in [1.165, 1.54) is 24.6 Å². The van der Waals surface area contributed by atoms with Crippen LogP contribution in [0.25, 0.3) is 0 Å². The summed E-state index contributed by atoms with van der Waals surface area (Å²) in [6.45, 7) is 10.2. The molecule has 0 aliphatic heterocycles. The van der Waals surface area contributed by atoms with Crippen molar-refractivity contribution in [2.75, 3.05) is 0 Å². The molecule has 0 aromatic heterocycles. The Labute approximate surface area is 87.7 Å². The number of hydrogen-bond donors (Lipinski definition) is 1. The van der Waals surface area contributed by atoms with Crippen LogP contribution in [0.15, 0.2) is 35.5 Å². The minimum Gasteiger partial charge on any atom is -0.309 e. The summed E-state index contributed by atoms with van der Waals surface area (Å²) in [5, 5.41) is 7.04. The molecule has 0 rings (SSSR count). The van der Waals surface area contributed by atoms with Gasteiger partial charge in [0.15, 0.2) is 0 Å². The van der Waals surface area contributed by atoms with Crippen LogP contribution in [0, 0.1) is 5.41 Å². The second-order valence-electron chi connectivity index (χ2n) is 3.66. The Morgan fingerprint density at radius 1 is 1.36 bits per heavy atom. The summed E-state index contributed by atoms with van der Waals surface area (Å²) < 4.78 is 0. The number of nitrogens with one attached hydrogen (secondary N) is 1. The lowest BCUT2D eigenvalue weighted by Crippen LogP contribution is -1.84. The topological polar surface area (TPSA) is 23.9 Å². The van der Waals surface area contributed by atoms with Crippen molar-refractivity contribution in [1.29, 1.82) is 5.41 Å². The van der Waals surface area contributed by atoms with Crippen LogP contribution in [0.1, 0.15) is 40.0 Å². The van der Waals surface area contributed by atoms with E-state index in [4.69, 9.17) is 5.41 Å². The molecule has 0 heterocycles. The van der Waals surface area contributed by atoms with E-state index in [2.05, 4.69) is 26.5 Å². The third-order valence-corrected chi connectivity index (χ3v) is 2.08. The standard InChI is InChI=1S/C13H21N/c1-5-6-7-12(4)10-13(8-9-14)11(2)3/h8-10,14H,2,5-7H2,1,3-4H3. The van der Waals surface area contributed by atoms with Crippen molar-refractivity contribution in [3.63, 3.8) is 0 Å². The van der Waals surface area contributed by atoms with Crippen LogP contribution in [0.3, 0.4) is 0 Å². The lowest BCUT2D eigenvalue weighted by Gasteiger charge is -2.03. The highest BCUT2D eigenvalue weighted by molar-refractivity contribution is 5.71. The first-order valence-corrected chi connectivity index (χ1v) is 5.15. The van der Waals surface area contributed by atoms with Gasteiger partial charge < -0.3 is 5.41 Å². The smallest absolute Gasteiger partial charge is 0.0183 e. The van der Waals surface area contributed by atoms with Crippen molar-refractivity contribution in [2.24, 2.45) is 0 Å². The van der Waals surface area contributed by atoms with Gasteiger partial charge in [-0.15, -0.1) is 0 Å². The van der Waals surface area contributed by atoms with E-state index in [0.717, 1.165) is 17.6 Å². The lowest BCUT2D eigenvalue weighted by atomic mass is 10.0. The Kier molecular flexibility index (Phi) is 6.73. The van der Waals surface area contributed by atoms with E-state index in [1.807, 2.05) is 6.92 Å². The summed E-state index contributed by atoms with van der Waals surface area (Å²) in [5.74, 6) is 0. The van der Waals surface area contributed by atoms with Crippen molar-refractivity contribution >= 4 is 6.21 Å². The molecule has 0 saturated heterocycles. The van der Waals surface area contributed by atoms with Crippen molar-refractivity contribution in [3.8, 4) is 0 Å². The molecule has 0 fully saturated rings. The van der Waals surface area contributed by atoms with E-state index >= 15 is 0 Å². The Hall–Kier alpha value is -1.11. The van der Waals surface area contributed by atoms with Crippen LogP contribution >= 0.6 is 0 Å². The van der Waals surface area contributed by atoms with Gasteiger partial charge in [-0.25, -0.2) is 0 Å². The van der Waals surface area contributed by atoms with Gasteiger partial charge in [0.1, 0.15) is 0 Å². The van der Waals surface area contributed by atoms with Crippen LogP contribution in [-0.4, -0.2) is 6.21 Å². The Bertz CT molecular complexity index is 256. The van der Waals surface area contributed by atoms with E-state index in [0.29, 0.717) is 0 Å².